The summed E-state index contributed by atoms with van der Waals surface area (Å²) in [5.74, 6) is 0.367. The first-order valence-corrected chi connectivity index (χ1v) is 13.3. The van der Waals surface area contributed by atoms with E-state index in [0.29, 0.717) is 71.1 Å². The Morgan fingerprint density at radius 3 is 2.67 bits per heavy atom. The van der Waals surface area contributed by atoms with E-state index in [0.717, 1.165) is 12.8 Å². The first-order valence-electron chi connectivity index (χ1n) is 13.3. The minimum atomic E-state index is -2.65. The lowest BCUT2D eigenvalue weighted by Crippen LogP contribution is -2.48. The first kappa shape index (κ1) is 27.0. The maximum absolute atomic E-state index is 13.6. The van der Waals surface area contributed by atoms with Crippen molar-refractivity contribution < 1.29 is 28.2 Å². The summed E-state index contributed by atoms with van der Waals surface area (Å²) in [6, 6.07) is 4.16. The average Bonchev–Trinajstić information content (AvgIpc) is 3.68. The van der Waals surface area contributed by atoms with Crippen molar-refractivity contribution in [2.75, 3.05) is 13.2 Å². The highest BCUT2D eigenvalue weighted by Crippen LogP contribution is 2.38. The molecule has 0 unspecified atom stereocenters. The molecule has 0 bridgehead atoms. The zero-order valence-electron chi connectivity index (χ0n) is 22.0. The van der Waals surface area contributed by atoms with Crippen molar-refractivity contribution in [3.8, 4) is 17.0 Å². The number of benzene rings is 1. The molecule has 0 spiro atoms. The second-order valence-electron chi connectivity index (χ2n) is 10.7. The van der Waals surface area contributed by atoms with Crippen LogP contribution in [0.5, 0.6) is 5.75 Å². The van der Waals surface area contributed by atoms with Gasteiger partial charge in [0.25, 0.3) is 12.3 Å². The van der Waals surface area contributed by atoms with Crippen molar-refractivity contribution in [1.29, 1.82) is 0 Å². The van der Waals surface area contributed by atoms with Gasteiger partial charge in [-0.25, -0.2) is 18.7 Å². The van der Waals surface area contributed by atoms with Crippen LogP contribution in [0.3, 0.4) is 0 Å². The Morgan fingerprint density at radius 1 is 1.18 bits per heavy atom. The molecule has 2 aliphatic rings. The van der Waals surface area contributed by atoms with Gasteiger partial charge in [-0.15, -0.1) is 0 Å². The third-order valence-electron chi connectivity index (χ3n) is 7.68. The highest BCUT2D eigenvalue weighted by molar-refractivity contribution is 6.09. The molecule has 2 saturated carbocycles. The topological polar surface area (TPSA) is 129 Å². The van der Waals surface area contributed by atoms with E-state index in [2.05, 4.69) is 25.6 Å². The van der Waals surface area contributed by atoms with Crippen molar-refractivity contribution in [2.45, 2.75) is 64.5 Å². The molecule has 0 aliphatic heterocycles. The number of nitrogens with zero attached hydrogens (tertiary/aromatic N) is 2. The van der Waals surface area contributed by atoms with Gasteiger partial charge in [-0.2, -0.15) is 0 Å². The molecular weight excluding hydrogens is 508 g/mol. The summed E-state index contributed by atoms with van der Waals surface area (Å²) in [6.07, 6.45) is 2.89. The zero-order valence-corrected chi connectivity index (χ0v) is 22.0. The molecule has 0 radical (unpaired) electrons. The molecule has 9 nitrogen and oxygen atoms in total. The van der Waals surface area contributed by atoms with Crippen LogP contribution < -0.4 is 15.4 Å². The number of H-pyrrole nitrogens is 1. The molecular formula is C28H33F2N5O4. The number of rotatable bonds is 9. The number of halogens is 2. The van der Waals surface area contributed by atoms with Gasteiger partial charge in [0.1, 0.15) is 29.9 Å². The molecule has 2 aromatic heterocycles. The van der Waals surface area contributed by atoms with Crippen LogP contribution in [0.15, 0.2) is 24.5 Å². The summed E-state index contributed by atoms with van der Waals surface area (Å²) in [4.78, 5) is 37.0. The fraction of sp³-hybridized carbons (Fsp3) is 0.500. The molecule has 2 heterocycles. The number of amides is 2. The molecule has 2 fully saturated rings. The van der Waals surface area contributed by atoms with Gasteiger partial charge < -0.3 is 25.5 Å². The van der Waals surface area contributed by atoms with Gasteiger partial charge in [0.15, 0.2) is 0 Å². The largest absolute Gasteiger partial charge is 0.493 e. The fourth-order valence-electron chi connectivity index (χ4n) is 5.34. The Labute approximate surface area is 224 Å². The maximum atomic E-state index is 13.6. The predicted molar refractivity (Wildman–Crippen MR) is 141 cm³/mol. The lowest BCUT2D eigenvalue weighted by molar-refractivity contribution is -0.125. The number of hydrogen-bond donors (Lipinski definition) is 4. The molecule has 5 rings (SSSR count). The number of aromatic nitrogens is 3. The molecule has 11 heteroatoms. The molecule has 39 heavy (non-hydrogen) atoms. The average molecular weight is 542 g/mol. The van der Waals surface area contributed by atoms with Crippen LogP contribution in [-0.4, -0.2) is 57.2 Å². The second-order valence-corrected chi connectivity index (χ2v) is 10.7. The molecule has 2 amide bonds. The van der Waals surface area contributed by atoms with Gasteiger partial charge in [0.05, 0.1) is 17.7 Å². The molecule has 4 N–H and O–H groups in total. The maximum Gasteiger partial charge on any atom is 0.263 e. The van der Waals surface area contributed by atoms with Crippen LogP contribution in [0.25, 0.3) is 22.3 Å². The van der Waals surface area contributed by atoms with E-state index in [4.69, 9.17) is 9.84 Å². The van der Waals surface area contributed by atoms with Crippen molar-refractivity contribution >= 4 is 22.8 Å². The lowest BCUT2D eigenvalue weighted by atomic mass is 9.82. The van der Waals surface area contributed by atoms with Crippen LogP contribution in [-0.2, 0) is 4.79 Å². The summed E-state index contributed by atoms with van der Waals surface area (Å²) < 4.78 is 33.2. The third kappa shape index (κ3) is 5.88. The number of hydrogen-bond acceptors (Lipinski definition) is 6. The summed E-state index contributed by atoms with van der Waals surface area (Å²) in [5, 5.41) is 14.9. The smallest absolute Gasteiger partial charge is 0.263 e. The minimum Gasteiger partial charge on any atom is -0.493 e. The quantitative estimate of drug-likeness (QED) is 0.323. The van der Waals surface area contributed by atoms with E-state index in [1.807, 2.05) is 6.92 Å². The number of carbonyl (C=O) groups is 2. The number of aliphatic hydroxyl groups is 1. The van der Waals surface area contributed by atoms with Crippen LogP contribution >= 0.6 is 0 Å². The number of nitrogens with one attached hydrogen (secondary N) is 3. The molecule has 3 atom stereocenters. The van der Waals surface area contributed by atoms with Crippen molar-refractivity contribution in [2.24, 2.45) is 11.8 Å². The van der Waals surface area contributed by atoms with Gasteiger partial charge in [-0.05, 0) is 69.1 Å². The highest BCUT2D eigenvalue weighted by atomic mass is 19.3. The summed E-state index contributed by atoms with van der Waals surface area (Å²) in [5.41, 5.74) is 2.52. The molecule has 1 aromatic carbocycles. The Morgan fingerprint density at radius 2 is 1.97 bits per heavy atom. The van der Waals surface area contributed by atoms with Crippen LogP contribution in [0.2, 0.25) is 0 Å². The number of fused-ring (bicyclic) bond motifs is 1. The predicted octanol–water partition coefficient (Wildman–Crippen LogP) is 4.06. The number of ether oxygens (including phenoxy) is 1. The van der Waals surface area contributed by atoms with E-state index in [-0.39, 0.29) is 29.5 Å². The van der Waals surface area contributed by atoms with Crippen LogP contribution in [0.1, 0.15) is 67.1 Å². The SMILES string of the molecule is Cc1[nH]c2c(-c3cc(C(F)F)ccc3OCC3CC3)ncnc2c1C(=O)N[C@@H]1CC[C@H](NC(=O)CO)[C@H](C)C1. The molecule has 0 saturated heterocycles. The standard InChI is InChI=1S/C28H33F2N5O4/c1-14-9-18(6-7-20(14)35-22(37)11-36)34-28(38)23-15(2)33-26-24(31-13-32-25(23)26)19-10-17(27(29)30)5-8-21(19)39-12-16-3-4-16/h5,8,10,13-14,16,18,20,27,33,36H,3-4,6-7,9,11-12H2,1-2H3,(H,34,38)(H,35,37)/t14-,18-,20+/m1/s1. The van der Waals surface area contributed by atoms with Crippen molar-refractivity contribution in [3.63, 3.8) is 0 Å². The Hall–Kier alpha value is -3.60. The van der Waals surface area contributed by atoms with Gasteiger partial charge in [0, 0.05) is 28.9 Å². The van der Waals surface area contributed by atoms with Gasteiger partial charge in [-0.3, -0.25) is 9.59 Å². The molecule has 3 aromatic rings. The number of carbonyl (C=O) groups excluding carboxylic acids is 2. The van der Waals surface area contributed by atoms with Crippen LogP contribution in [0.4, 0.5) is 8.78 Å². The highest BCUT2D eigenvalue weighted by Gasteiger charge is 2.31. The fourth-order valence-corrected chi connectivity index (χ4v) is 5.34. The van der Waals surface area contributed by atoms with Crippen molar-refractivity contribution in [1.82, 2.24) is 25.6 Å². The number of aryl methyl sites for hydroxylation is 1. The van der Waals surface area contributed by atoms with Gasteiger partial charge in [-0.1, -0.05) is 6.92 Å². The van der Waals surface area contributed by atoms with Gasteiger partial charge >= 0.3 is 0 Å². The van der Waals surface area contributed by atoms with Gasteiger partial charge in [0.2, 0.25) is 5.91 Å². The third-order valence-corrected chi connectivity index (χ3v) is 7.68. The Bertz CT molecular complexity index is 1370. The number of alkyl halides is 2. The summed E-state index contributed by atoms with van der Waals surface area (Å²) in [7, 11) is 0. The van der Waals surface area contributed by atoms with E-state index in [1.165, 1.54) is 18.5 Å². The van der Waals surface area contributed by atoms with E-state index in [9.17, 15) is 18.4 Å². The lowest BCUT2D eigenvalue weighted by Gasteiger charge is -2.34. The minimum absolute atomic E-state index is 0.0525. The van der Waals surface area contributed by atoms with Crippen molar-refractivity contribution in [3.05, 3.63) is 41.3 Å². The van der Waals surface area contributed by atoms with Crippen LogP contribution in [0, 0.1) is 18.8 Å². The first-order chi connectivity index (χ1) is 18.7. The van der Waals surface area contributed by atoms with E-state index >= 15 is 0 Å². The normalized spacial score (nSPS) is 21.2. The van der Waals surface area contributed by atoms with E-state index in [1.54, 1.807) is 13.0 Å². The van der Waals surface area contributed by atoms with E-state index < -0.39 is 18.9 Å². The summed E-state index contributed by atoms with van der Waals surface area (Å²) >= 11 is 0. The zero-order chi connectivity index (χ0) is 27.7. The number of aromatic amines is 1. The Balaban J connectivity index is 1.41. The molecule has 208 valence electrons. The number of aliphatic hydroxyl groups excluding tert-OH is 1. The Kier molecular flexibility index (Phi) is 7.79. The molecule has 2 aliphatic carbocycles. The summed E-state index contributed by atoms with van der Waals surface area (Å²) in [6.45, 7) is 3.74. The monoisotopic (exact) mass is 541 g/mol. The second kappa shape index (κ2) is 11.3.